The average molecular weight is 211 g/mol. The molecule has 52 valence electrons. The first kappa shape index (κ1) is 10.5. The Morgan fingerprint density at radius 3 is 2.40 bits per heavy atom. The van der Waals surface area contributed by atoms with Crippen molar-refractivity contribution in [1.82, 2.24) is 0 Å². The third-order valence-corrected chi connectivity index (χ3v) is 2.75. The first-order valence-electron chi connectivity index (χ1n) is 3.38. The lowest BCUT2D eigenvalue weighted by Gasteiger charge is -1.95. The third-order valence-electron chi connectivity index (χ3n) is 1.49. The highest BCUT2D eigenvalue weighted by molar-refractivity contribution is 8.93. The molecule has 1 aromatic carbocycles. The molecule has 0 amide bonds. The molecule has 0 aliphatic heterocycles. The molecular weight excluding hydrogens is 200 g/mol. The van der Waals surface area contributed by atoms with Gasteiger partial charge in [-0.15, -0.1) is 22.0 Å². The summed E-state index contributed by atoms with van der Waals surface area (Å²) in [4.78, 5) is 0. The van der Waals surface area contributed by atoms with Gasteiger partial charge in [-0.1, -0.05) is 29.8 Å². The van der Waals surface area contributed by atoms with Crippen molar-refractivity contribution in [2.45, 2.75) is 12.0 Å². The minimum atomic E-state index is 0. The van der Waals surface area contributed by atoms with Crippen molar-refractivity contribution in [3.63, 3.8) is 0 Å². The Balaban J connectivity index is 0.000000810. The third kappa shape index (κ3) is 3.04. The molecule has 0 atom stereocenters. The molecule has 2 heteroatoms. The van der Waals surface area contributed by atoms with Crippen molar-refractivity contribution in [2.75, 3.05) is 0 Å². The first-order valence-corrected chi connectivity index (χ1v) is 5.50. The summed E-state index contributed by atoms with van der Waals surface area (Å²) in [6.07, 6.45) is 0. The van der Waals surface area contributed by atoms with Crippen LogP contribution < -0.4 is 3.69 Å². The van der Waals surface area contributed by atoms with Crippen molar-refractivity contribution in [3.05, 3.63) is 29.8 Å². The van der Waals surface area contributed by atoms with Crippen LogP contribution in [0.5, 0.6) is 0 Å². The highest BCUT2D eigenvalue weighted by Gasteiger charge is 1.89. The molecule has 0 saturated carbocycles. The van der Waals surface area contributed by atoms with Crippen LogP contribution in [-0.4, -0.2) is 20.4 Å². The van der Waals surface area contributed by atoms with Crippen molar-refractivity contribution >= 4 is 41.0 Å². The molecule has 0 bridgehead atoms. The maximum atomic E-state index is 2.31. The first-order chi connectivity index (χ1) is 4.33. The van der Waals surface area contributed by atoms with Crippen LogP contribution in [0.15, 0.2) is 24.3 Å². The molecule has 0 aromatic heterocycles. The van der Waals surface area contributed by atoms with E-state index in [0.717, 1.165) is 0 Å². The van der Waals surface area contributed by atoms with Crippen LogP contribution in [0.1, 0.15) is 5.56 Å². The normalized spacial score (nSPS) is 7.80. The molecule has 0 fully saturated rings. The van der Waals surface area contributed by atoms with E-state index in [1.807, 2.05) is 0 Å². The van der Waals surface area contributed by atoms with E-state index in [2.05, 4.69) is 36.2 Å². The van der Waals surface area contributed by atoms with Gasteiger partial charge in [-0.25, -0.2) is 0 Å². The number of hydrogen-bond donors (Lipinski definition) is 0. The maximum absolute atomic E-state index is 2.31. The molecule has 0 radical (unpaired) electrons. The summed E-state index contributed by atoms with van der Waals surface area (Å²) < 4.78 is 1.56. The van der Waals surface area contributed by atoms with Crippen LogP contribution in [0.4, 0.5) is 0 Å². The van der Waals surface area contributed by atoms with Crippen LogP contribution in [0, 0.1) is 6.92 Å². The van der Waals surface area contributed by atoms with Gasteiger partial charge in [0.2, 0.25) is 0 Å². The SMILES string of the molecule is Br.[CH3][Mg][c]1cccc(C)c1. The fraction of sp³-hybridized carbons (Fsp3) is 0.250. The Morgan fingerprint density at radius 2 is 2.00 bits per heavy atom. The molecule has 10 heavy (non-hydrogen) atoms. The molecule has 0 saturated heterocycles. The van der Waals surface area contributed by atoms with Crippen molar-refractivity contribution in [2.24, 2.45) is 0 Å². The van der Waals surface area contributed by atoms with Crippen molar-refractivity contribution in [1.29, 1.82) is 0 Å². The van der Waals surface area contributed by atoms with Crippen LogP contribution in [0.2, 0.25) is 5.05 Å². The number of halogens is 1. The summed E-state index contributed by atoms with van der Waals surface area (Å²) >= 11 is 0.0699. The predicted octanol–water partition coefficient (Wildman–Crippen LogP) is 1.95. The van der Waals surface area contributed by atoms with E-state index in [-0.39, 0.29) is 37.3 Å². The van der Waals surface area contributed by atoms with Crippen LogP contribution in [-0.2, 0) is 0 Å². The Kier molecular flexibility index (Phi) is 5.40. The highest BCUT2D eigenvalue weighted by atomic mass is 79.9. The van der Waals surface area contributed by atoms with Gasteiger partial charge in [-0.05, 0) is 6.92 Å². The van der Waals surface area contributed by atoms with Gasteiger partial charge in [0.15, 0.2) is 0 Å². The van der Waals surface area contributed by atoms with E-state index in [0.29, 0.717) is 0 Å². The zero-order valence-corrected chi connectivity index (χ0v) is 9.55. The Bertz CT molecular complexity index is 198. The Morgan fingerprint density at radius 1 is 1.30 bits per heavy atom. The lowest BCUT2D eigenvalue weighted by atomic mass is 10.2. The second-order valence-electron chi connectivity index (χ2n) is 2.34. The molecule has 0 heterocycles. The zero-order valence-electron chi connectivity index (χ0n) is 6.42. The monoisotopic (exact) mass is 210 g/mol. The van der Waals surface area contributed by atoms with E-state index in [1.54, 1.807) is 3.69 Å². The van der Waals surface area contributed by atoms with Gasteiger partial charge in [0, 0.05) is 0 Å². The van der Waals surface area contributed by atoms with Crippen LogP contribution in [0.3, 0.4) is 0 Å². The standard InChI is InChI=1S/C7H7.CH3.BrH.Mg/c1-7-5-3-2-4-6-7;;;/h2-3,5-6H,1H3;1H3;1H;. The summed E-state index contributed by atoms with van der Waals surface area (Å²) in [7, 11) is 0. The zero-order chi connectivity index (χ0) is 6.69. The topological polar surface area (TPSA) is 0 Å². The van der Waals surface area contributed by atoms with Gasteiger partial charge in [-0.3, -0.25) is 0 Å². The molecule has 0 spiro atoms. The van der Waals surface area contributed by atoms with Crippen molar-refractivity contribution in [3.8, 4) is 0 Å². The molecule has 1 rings (SSSR count). The van der Waals surface area contributed by atoms with Crippen LogP contribution in [0.25, 0.3) is 0 Å². The average Bonchev–Trinajstić information content (AvgIpc) is 1.88. The second-order valence-corrected chi connectivity index (χ2v) is 3.87. The molecule has 0 aliphatic rings. The Hall–Kier alpha value is 0.466. The molecule has 0 nitrogen and oxygen atoms in total. The lowest BCUT2D eigenvalue weighted by molar-refractivity contribution is 1.49. The highest BCUT2D eigenvalue weighted by Crippen LogP contribution is 1.91. The summed E-state index contributed by atoms with van der Waals surface area (Å²) in [5.74, 6) is 0. The van der Waals surface area contributed by atoms with Gasteiger partial charge in [0.05, 0.1) is 0 Å². The summed E-state index contributed by atoms with van der Waals surface area (Å²) in [5.41, 5.74) is 1.39. The minimum Gasteiger partial charge on any atom is -0.174 e. The van der Waals surface area contributed by atoms with E-state index in [1.165, 1.54) is 5.56 Å². The summed E-state index contributed by atoms with van der Waals surface area (Å²) in [6.45, 7) is 2.15. The van der Waals surface area contributed by atoms with E-state index in [4.69, 9.17) is 0 Å². The lowest BCUT2D eigenvalue weighted by Crippen LogP contribution is -2.09. The molecule has 1 aromatic rings. The maximum Gasteiger partial charge on any atom is 0.404 e. The molecule has 0 unspecified atom stereocenters. The number of rotatable bonds is 1. The van der Waals surface area contributed by atoms with E-state index in [9.17, 15) is 0 Å². The fourth-order valence-electron chi connectivity index (χ4n) is 0.932. The van der Waals surface area contributed by atoms with Gasteiger partial charge in [-0.2, -0.15) is 3.69 Å². The largest absolute Gasteiger partial charge is 0.404 e. The Labute approximate surface area is 82.5 Å². The van der Waals surface area contributed by atoms with Crippen molar-refractivity contribution < 1.29 is 0 Å². The molecular formula is C8H11BrMg. The number of aryl methyl sites for hydroxylation is 1. The number of hydrogen-bond acceptors (Lipinski definition) is 0. The predicted molar refractivity (Wildman–Crippen MR) is 52.8 cm³/mol. The molecule has 0 aliphatic carbocycles. The quantitative estimate of drug-likeness (QED) is 0.623. The van der Waals surface area contributed by atoms with Crippen LogP contribution >= 0.6 is 17.0 Å². The second kappa shape index (κ2) is 5.16. The van der Waals surface area contributed by atoms with Gasteiger partial charge in [0.1, 0.15) is 0 Å². The van der Waals surface area contributed by atoms with E-state index < -0.39 is 0 Å². The molecule has 0 N–H and O–H groups in total. The smallest absolute Gasteiger partial charge is 0.174 e. The van der Waals surface area contributed by atoms with Gasteiger partial charge < -0.3 is 0 Å². The van der Waals surface area contributed by atoms with Gasteiger partial charge >= 0.3 is 20.4 Å². The summed E-state index contributed by atoms with van der Waals surface area (Å²) in [6, 6.07) is 8.79. The minimum absolute atomic E-state index is 0. The number of benzene rings is 1. The van der Waals surface area contributed by atoms with E-state index >= 15 is 0 Å². The summed E-state index contributed by atoms with van der Waals surface area (Å²) in [5, 5.41) is 2.31. The van der Waals surface area contributed by atoms with Gasteiger partial charge in [0.25, 0.3) is 0 Å². The fourth-order valence-corrected chi connectivity index (χ4v) is 1.83.